The second kappa shape index (κ2) is 11.7. The minimum atomic E-state index is 0. The van der Waals surface area contributed by atoms with Gasteiger partial charge in [-0.05, 0) is 33.6 Å². The third-order valence-electron chi connectivity index (χ3n) is 2.60. The molecule has 1 unspecified atom stereocenters. The molecule has 0 aliphatic carbocycles. The number of nitrogens with zero attached hydrogens (tertiary/aromatic N) is 1. The van der Waals surface area contributed by atoms with Crippen molar-refractivity contribution in [2.45, 2.75) is 45.8 Å². The van der Waals surface area contributed by atoms with Crippen molar-refractivity contribution in [3.05, 3.63) is 0 Å². The fraction of sp³-hybridized carbons (Fsp3) is 0.923. The van der Waals surface area contributed by atoms with E-state index in [-0.39, 0.29) is 24.0 Å². The number of nitrogens with one attached hydrogen (secondary N) is 2. The van der Waals surface area contributed by atoms with Gasteiger partial charge in [0.2, 0.25) is 0 Å². The molecule has 1 fully saturated rings. The number of guanidine groups is 1. The van der Waals surface area contributed by atoms with Gasteiger partial charge in [-0.2, -0.15) is 0 Å². The Labute approximate surface area is 133 Å². The molecule has 1 aliphatic rings. The quantitative estimate of drug-likeness (QED) is 0.304. The van der Waals surface area contributed by atoms with Crippen LogP contribution < -0.4 is 10.6 Å². The summed E-state index contributed by atoms with van der Waals surface area (Å²) in [5, 5.41) is 6.48. The number of halogens is 1. The first-order valence-corrected chi connectivity index (χ1v) is 6.96. The summed E-state index contributed by atoms with van der Waals surface area (Å²) in [6, 6.07) is 0.385. The summed E-state index contributed by atoms with van der Waals surface area (Å²) in [6.45, 7) is 10.0. The van der Waals surface area contributed by atoms with Gasteiger partial charge >= 0.3 is 0 Å². The van der Waals surface area contributed by atoms with Crippen LogP contribution in [0, 0.1) is 0 Å². The van der Waals surface area contributed by atoms with Gasteiger partial charge in [-0.3, -0.25) is 4.99 Å². The number of hydrogen-bond acceptors (Lipinski definition) is 3. The van der Waals surface area contributed by atoms with E-state index in [0.29, 0.717) is 31.9 Å². The fourth-order valence-corrected chi connectivity index (χ4v) is 1.81. The monoisotopic (exact) mass is 385 g/mol. The second-order valence-electron chi connectivity index (χ2n) is 4.77. The van der Waals surface area contributed by atoms with E-state index < -0.39 is 0 Å². The SMILES string of the molecule is CCNC(=NCCOCC1CCCO1)NC(C)C.I. The molecule has 1 saturated heterocycles. The number of aliphatic imine (C=N–C) groups is 1. The van der Waals surface area contributed by atoms with Gasteiger partial charge in [0.25, 0.3) is 0 Å². The van der Waals surface area contributed by atoms with E-state index in [1.165, 1.54) is 0 Å². The molecule has 0 bridgehead atoms. The lowest BCUT2D eigenvalue weighted by molar-refractivity contribution is 0.0200. The van der Waals surface area contributed by atoms with E-state index >= 15 is 0 Å². The Morgan fingerprint density at radius 1 is 1.47 bits per heavy atom. The summed E-state index contributed by atoms with van der Waals surface area (Å²) in [5.41, 5.74) is 0. The number of ether oxygens (including phenoxy) is 2. The molecular formula is C13H28IN3O2. The highest BCUT2D eigenvalue weighted by Crippen LogP contribution is 2.11. The van der Waals surface area contributed by atoms with Crippen molar-refractivity contribution < 1.29 is 9.47 Å². The Balaban J connectivity index is 0.00000324. The van der Waals surface area contributed by atoms with Crippen LogP contribution in [0.1, 0.15) is 33.6 Å². The highest BCUT2D eigenvalue weighted by atomic mass is 127. The zero-order valence-electron chi connectivity index (χ0n) is 12.3. The van der Waals surface area contributed by atoms with Crippen LogP contribution in [0.4, 0.5) is 0 Å². The maximum atomic E-state index is 5.56. The van der Waals surface area contributed by atoms with Crippen molar-refractivity contribution in [3.63, 3.8) is 0 Å². The van der Waals surface area contributed by atoms with Crippen molar-refractivity contribution >= 4 is 29.9 Å². The summed E-state index contributed by atoms with van der Waals surface area (Å²) >= 11 is 0. The van der Waals surface area contributed by atoms with Gasteiger partial charge in [-0.1, -0.05) is 0 Å². The lowest BCUT2D eigenvalue weighted by Crippen LogP contribution is -2.41. The first kappa shape index (κ1) is 18.9. The van der Waals surface area contributed by atoms with Crippen molar-refractivity contribution in [1.29, 1.82) is 0 Å². The molecule has 114 valence electrons. The molecule has 1 atom stereocenters. The molecule has 0 aromatic carbocycles. The van der Waals surface area contributed by atoms with Crippen LogP contribution >= 0.6 is 24.0 Å². The molecule has 0 aromatic rings. The molecule has 1 aliphatic heterocycles. The molecule has 0 amide bonds. The molecular weight excluding hydrogens is 357 g/mol. The Kier molecular flexibility index (Phi) is 11.7. The summed E-state index contributed by atoms with van der Waals surface area (Å²) in [7, 11) is 0. The molecule has 1 heterocycles. The van der Waals surface area contributed by atoms with Gasteiger partial charge in [-0.25, -0.2) is 0 Å². The summed E-state index contributed by atoms with van der Waals surface area (Å²) in [4.78, 5) is 4.45. The van der Waals surface area contributed by atoms with E-state index in [0.717, 1.165) is 32.0 Å². The summed E-state index contributed by atoms with van der Waals surface area (Å²) in [5.74, 6) is 0.855. The molecule has 0 aromatic heterocycles. The van der Waals surface area contributed by atoms with Gasteiger partial charge in [0, 0.05) is 19.2 Å². The molecule has 0 spiro atoms. The lowest BCUT2D eigenvalue weighted by atomic mass is 10.2. The van der Waals surface area contributed by atoms with E-state index in [2.05, 4.69) is 36.4 Å². The van der Waals surface area contributed by atoms with Gasteiger partial charge in [0.15, 0.2) is 5.96 Å². The van der Waals surface area contributed by atoms with Crippen molar-refractivity contribution in [3.8, 4) is 0 Å². The van der Waals surface area contributed by atoms with Crippen molar-refractivity contribution in [1.82, 2.24) is 10.6 Å². The smallest absolute Gasteiger partial charge is 0.191 e. The van der Waals surface area contributed by atoms with E-state index in [9.17, 15) is 0 Å². The Morgan fingerprint density at radius 3 is 2.84 bits per heavy atom. The fourth-order valence-electron chi connectivity index (χ4n) is 1.81. The predicted molar refractivity (Wildman–Crippen MR) is 89.5 cm³/mol. The second-order valence-corrected chi connectivity index (χ2v) is 4.77. The maximum Gasteiger partial charge on any atom is 0.191 e. The lowest BCUT2D eigenvalue weighted by Gasteiger charge is -2.14. The normalized spacial score (nSPS) is 19.4. The van der Waals surface area contributed by atoms with E-state index in [4.69, 9.17) is 9.47 Å². The molecule has 5 nitrogen and oxygen atoms in total. The van der Waals surface area contributed by atoms with Crippen LogP contribution in [-0.2, 0) is 9.47 Å². The first-order chi connectivity index (χ1) is 8.72. The van der Waals surface area contributed by atoms with Crippen LogP contribution in [0.5, 0.6) is 0 Å². The Bertz CT molecular complexity index is 244. The average molecular weight is 385 g/mol. The van der Waals surface area contributed by atoms with Crippen molar-refractivity contribution in [2.24, 2.45) is 4.99 Å². The Hall–Kier alpha value is -0.0800. The highest BCUT2D eigenvalue weighted by molar-refractivity contribution is 14.0. The maximum absolute atomic E-state index is 5.56. The minimum Gasteiger partial charge on any atom is -0.377 e. The predicted octanol–water partition coefficient (Wildman–Crippen LogP) is 1.76. The molecule has 2 N–H and O–H groups in total. The Morgan fingerprint density at radius 2 is 2.26 bits per heavy atom. The van der Waals surface area contributed by atoms with Crippen LogP contribution in [0.3, 0.4) is 0 Å². The molecule has 19 heavy (non-hydrogen) atoms. The van der Waals surface area contributed by atoms with Gasteiger partial charge in [0.05, 0.1) is 25.9 Å². The molecule has 6 heteroatoms. The topological polar surface area (TPSA) is 54.9 Å². The van der Waals surface area contributed by atoms with Crippen LogP contribution in [0.2, 0.25) is 0 Å². The van der Waals surface area contributed by atoms with E-state index in [1.807, 2.05) is 0 Å². The number of hydrogen-bond donors (Lipinski definition) is 2. The average Bonchev–Trinajstić information content (AvgIpc) is 2.81. The van der Waals surface area contributed by atoms with Crippen molar-refractivity contribution in [2.75, 3.05) is 32.9 Å². The zero-order chi connectivity index (χ0) is 13.2. The minimum absolute atomic E-state index is 0. The molecule has 1 rings (SSSR count). The van der Waals surface area contributed by atoms with Gasteiger partial charge < -0.3 is 20.1 Å². The number of rotatable bonds is 7. The first-order valence-electron chi connectivity index (χ1n) is 6.96. The standard InChI is InChI=1S/C13H27N3O2.HI/c1-4-14-13(16-11(2)3)15-7-9-17-10-12-6-5-8-18-12;/h11-12H,4-10H2,1-3H3,(H2,14,15,16);1H. The van der Waals surface area contributed by atoms with Gasteiger partial charge in [-0.15, -0.1) is 24.0 Å². The van der Waals surface area contributed by atoms with Crippen LogP contribution in [0.25, 0.3) is 0 Å². The summed E-state index contributed by atoms with van der Waals surface area (Å²) in [6.07, 6.45) is 2.59. The molecule has 0 radical (unpaired) electrons. The van der Waals surface area contributed by atoms with E-state index in [1.54, 1.807) is 0 Å². The highest BCUT2D eigenvalue weighted by Gasteiger charge is 2.14. The summed E-state index contributed by atoms with van der Waals surface area (Å²) < 4.78 is 11.0. The zero-order valence-corrected chi connectivity index (χ0v) is 14.6. The van der Waals surface area contributed by atoms with Crippen LogP contribution in [-0.4, -0.2) is 51.0 Å². The van der Waals surface area contributed by atoms with Gasteiger partial charge in [0.1, 0.15) is 0 Å². The third-order valence-corrected chi connectivity index (χ3v) is 2.60. The third kappa shape index (κ3) is 9.45. The van der Waals surface area contributed by atoms with Crippen LogP contribution in [0.15, 0.2) is 4.99 Å². The largest absolute Gasteiger partial charge is 0.377 e. The molecule has 0 saturated carbocycles.